The van der Waals surface area contributed by atoms with Gasteiger partial charge in [0.15, 0.2) is 33.2 Å². The normalized spacial score (nSPS) is 21.7. The molecule has 0 aromatic heterocycles. The molecule has 8 atom stereocenters. The molecule has 9 heteroatoms. The van der Waals surface area contributed by atoms with E-state index in [0.717, 1.165) is 0 Å². The lowest BCUT2D eigenvalue weighted by molar-refractivity contribution is 0.345. The fraction of sp³-hybridized carbons (Fsp3) is 0.538. The minimum atomic E-state index is -2.45. The average Bonchev–Trinajstić information content (AvgIpc) is 2.42. The summed E-state index contributed by atoms with van der Waals surface area (Å²) >= 11 is -7.21. The van der Waals surface area contributed by atoms with Gasteiger partial charge in [-0.1, -0.05) is 24.7 Å². The van der Waals surface area contributed by atoms with Crippen LogP contribution in [0.5, 0.6) is 0 Å². The van der Waals surface area contributed by atoms with E-state index < -0.39 is 60.8 Å². The summed E-state index contributed by atoms with van der Waals surface area (Å²) in [4.78, 5) is 0. The zero-order chi connectivity index (χ0) is 17.4. The maximum Gasteiger partial charge on any atom is 0.168 e. The third kappa shape index (κ3) is 5.66. The van der Waals surface area contributed by atoms with Crippen molar-refractivity contribution in [2.24, 2.45) is 11.8 Å². The molecule has 0 amide bonds. The number of terminal acetylenes is 3. The maximum atomic E-state index is 11.4. The van der Waals surface area contributed by atoms with Gasteiger partial charge in [0.05, 0.1) is 0 Å². The second-order valence-corrected chi connectivity index (χ2v) is 7.66. The first-order chi connectivity index (χ1) is 10.2. The van der Waals surface area contributed by atoms with Crippen LogP contribution >= 0.6 is 0 Å². The van der Waals surface area contributed by atoms with Gasteiger partial charge in [-0.15, -0.1) is 19.3 Å². The smallest absolute Gasteiger partial charge is 0.168 e. The van der Waals surface area contributed by atoms with E-state index in [9.17, 15) is 21.7 Å². The molecule has 0 spiro atoms. The van der Waals surface area contributed by atoms with Crippen LogP contribution in [-0.4, -0.2) is 42.0 Å². The SMILES string of the molecule is C#CC(CC(C(C)C(C#C)S(=O)O)C(C#C)S(=O)O)S(=O)O. The lowest BCUT2D eigenvalue weighted by Gasteiger charge is -2.30. The van der Waals surface area contributed by atoms with Crippen molar-refractivity contribution in [2.75, 3.05) is 0 Å². The molecule has 22 heavy (non-hydrogen) atoms. The van der Waals surface area contributed by atoms with Gasteiger partial charge in [0.2, 0.25) is 0 Å². The summed E-state index contributed by atoms with van der Waals surface area (Å²) in [6, 6.07) is 0. The summed E-state index contributed by atoms with van der Waals surface area (Å²) in [7, 11) is 0. The van der Waals surface area contributed by atoms with E-state index in [1.807, 2.05) is 0 Å². The number of hydrogen-bond donors (Lipinski definition) is 3. The Labute approximate surface area is 137 Å². The van der Waals surface area contributed by atoms with Crippen LogP contribution in [0.15, 0.2) is 0 Å². The third-order valence-corrected chi connectivity index (χ3v) is 5.96. The number of rotatable bonds is 8. The van der Waals surface area contributed by atoms with Gasteiger partial charge in [-0.3, -0.25) is 0 Å². The van der Waals surface area contributed by atoms with Gasteiger partial charge in [-0.05, 0) is 18.3 Å². The van der Waals surface area contributed by atoms with Crippen molar-refractivity contribution >= 4 is 33.2 Å². The second kappa shape index (κ2) is 9.91. The zero-order valence-corrected chi connectivity index (χ0v) is 14.1. The van der Waals surface area contributed by atoms with Crippen LogP contribution in [0.4, 0.5) is 0 Å². The topological polar surface area (TPSA) is 112 Å². The Morgan fingerprint density at radius 2 is 1.32 bits per heavy atom. The van der Waals surface area contributed by atoms with Crippen molar-refractivity contribution in [3.63, 3.8) is 0 Å². The Hall–Kier alpha value is -0.990. The Morgan fingerprint density at radius 3 is 1.59 bits per heavy atom. The maximum absolute atomic E-state index is 11.4. The Balaban J connectivity index is 5.71. The van der Waals surface area contributed by atoms with Crippen molar-refractivity contribution in [3.05, 3.63) is 0 Å². The van der Waals surface area contributed by atoms with Gasteiger partial charge in [-0.2, -0.15) is 0 Å². The van der Waals surface area contributed by atoms with Gasteiger partial charge in [0.25, 0.3) is 0 Å². The van der Waals surface area contributed by atoms with Gasteiger partial charge in [0, 0.05) is 0 Å². The molecule has 0 saturated carbocycles. The third-order valence-electron chi connectivity index (χ3n) is 3.22. The van der Waals surface area contributed by atoms with Crippen molar-refractivity contribution in [1.82, 2.24) is 0 Å². The van der Waals surface area contributed by atoms with E-state index >= 15 is 0 Å². The van der Waals surface area contributed by atoms with Crippen molar-refractivity contribution in [1.29, 1.82) is 0 Å². The first-order valence-electron chi connectivity index (χ1n) is 5.88. The molecule has 0 radical (unpaired) electrons. The van der Waals surface area contributed by atoms with Crippen LogP contribution < -0.4 is 0 Å². The van der Waals surface area contributed by atoms with Gasteiger partial charge in [-0.25, -0.2) is 12.6 Å². The fourth-order valence-electron chi connectivity index (χ4n) is 2.02. The molecule has 0 heterocycles. The molecular weight excluding hydrogens is 348 g/mol. The zero-order valence-electron chi connectivity index (χ0n) is 11.6. The van der Waals surface area contributed by atoms with Gasteiger partial charge in [0.1, 0.15) is 15.7 Å². The summed E-state index contributed by atoms with van der Waals surface area (Å²) in [6.07, 6.45) is 15.4. The largest absolute Gasteiger partial charge is 0.305 e. The Bertz CT molecular complexity index is 582. The van der Waals surface area contributed by atoms with Crippen LogP contribution in [0.2, 0.25) is 0 Å². The predicted octanol–water partition coefficient (Wildman–Crippen LogP) is 0.299. The van der Waals surface area contributed by atoms with E-state index in [4.69, 9.17) is 23.8 Å². The van der Waals surface area contributed by atoms with Crippen LogP contribution in [-0.2, 0) is 33.2 Å². The molecule has 3 N–H and O–H groups in total. The highest BCUT2D eigenvalue weighted by Crippen LogP contribution is 2.29. The molecule has 0 bridgehead atoms. The quantitative estimate of drug-likeness (QED) is 0.422. The summed E-state index contributed by atoms with van der Waals surface area (Å²) in [5.74, 6) is 4.70. The van der Waals surface area contributed by atoms with Crippen LogP contribution in [0.1, 0.15) is 13.3 Å². The molecule has 0 aliphatic rings. The number of hydrogen-bond acceptors (Lipinski definition) is 3. The molecule has 8 unspecified atom stereocenters. The highest BCUT2D eigenvalue weighted by atomic mass is 32.2. The lowest BCUT2D eigenvalue weighted by atomic mass is 9.84. The van der Waals surface area contributed by atoms with Crippen molar-refractivity contribution < 1.29 is 26.3 Å². The van der Waals surface area contributed by atoms with Gasteiger partial charge < -0.3 is 13.7 Å². The van der Waals surface area contributed by atoms with Gasteiger partial charge >= 0.3 is 0 Å². The molecule has 122 valence electrons. The van der Waals surface area contributed by atoms with Crippen molar-refractivity contribution in [3.8, 4) is 37.0 Å². The highest BCUT2D eigenvalue weighted by Gasteiger charge is 2.38. The predicted molar refractivity (Wildman–Crippen MR) is 87.4 cm³/mol. The van der Waals surface area contributed by atoms with Crippen LogP contribution in [0.25, 0.3) is 0 Å². The Kier molecular flexibility index (Phi) is 9.47. The molecule has 6 nitrogen and oxygen atoms in total. The van der Waals surface area contributed by atoms with Crippen LogP contribution in [0, 0.1) is 48.9 Å². The van der Waals surface area contributed by atoms with E-state index in [-0.39, 0.29) is 6.42 Å². The van der Waals surface area contributed by atoms with E-state index in [0.29, 0.717) is 0 Å². The molecule has 0 aromatic rings. The average molecular weight is 364 g/mol. The standard InChI is InChI=1S/C13H16O6S3/c1-5-10(20(14)15)8-11(13(7-3)22(18)19)9(4)12(6-2)21(16)17/h1-3,9-13H,8H2,4H3,(H,14,15)(H,16,17)(H,18,19). The fourth-order valence-corrected chi connectivity index (χ4v) is 3.98. The monoisotopic (exact) mass is 364 g/mol. The van der Waals surface area contributed by atoms with E-state index in [2.05, 4.69) is 17.8 Å². The first kappa shape index (κ1) is 21.0. The summed E-state index contributed by atoms with van der Waals surface area (Å²) < 4.78 is 61.5. The molecule has 0 rings (SSSR count). The second-order valence-electron chi connectivity index (χ2n) is 4.42. The molecule has 0 aromatic carbocycles. The van der Waals surface area contributed by atoms with E-state index in [1.165, 1.54) is 6.92 Å². The van der Waals surface area contributed by atoms with Crippen molar-refractivity contribution in [2.45, 2.75) is 29.1 Å². The first-order valence-corrected chi connectivity index (χ1v) is 9.39. The summed E-state index contributed by atoms with van der Waals surface area (Å²) in [5.41, 5.74) is 0. The minimum Gasteiger partial charge on any atom is -0.305 e. The lowest BCUT2D eigenvalue weighted by Crippen LogP contribution is -2.39. The Morgan fingerprint density at radius 1 is 0.864 bits per heavy atom. The van der Waals surface area contributed by atoms with E-state index in [1.54, 1.807) is 0 Å². The molecule has 0 fully saturated rings. The molecule has 0 aliphatic heterocycles. The van der Waals surface area contributed by atoms with Crippen LogP contribution in [0.3, 0.4) is 0 Å². The highest BCUT2D eigenvalue weighted by molar-refractivity contribution is 7.80. The minimum absolute atomic E-state index is 0.183. The molecule has 0 aliphatic carbocycles. The molecule has 0 saturated heterocycles. The summed E-state index contributed by atoms with van der Waals surface area (Å²) in [6.45, 7) is 1.48. The molecular formula is C13H16O6S3. The summed E-state index contributed by atoms with van der Waals surface area (Å²) in [5, 5.41) is -3.54.